The molecule has 0 radical (unpaired) electrons. The Morgan fingerprint density at radius 2 is 2.31 bits per heavy atom. The molecule has 2 rings (SSSR count). The number of aliphatic hydroxyl groups is 1. The van der Waals surface area contributed by atoms with Gasteiger partial charge in [0, 0.05) is 24.7 Å². The molecule has 1 aliphatic carbocycles. The average molecular weight is 222 g/mol. The second-order valence-corrected chi connectivity index (χ2v) is 3.80. The van der Waals surface area contributed by atoms with Gasteiger partial charge >= 0.3 is 0 Å². The number of allylic oxidation sites excluding steroid dienone is 4. The number of aliphatic imine (C=N–C) groups is 1. The summed E-state index contributed by atoms with van der Waals surface area (Å²) in [7, 11) is 0. The molecule has 4 heteroatoms. The molecule has 0 unspecified atom stereocenters. The number of halogens is 1. The summed E-state index contributed by atoms with van der Waals surface area (Å²) in [4.78, 5) is 4.27. The molecule has 0 aromatic rings. The van der Waals surface area contributed by atoms with E-state index in [0.29, 0.717) is 13.0 Å². The van der Waals surface area contributed by atoms with Gasteiger partial charge < -0.3 is 10.4 Å². The number of nitrogens with one attached hydrogen (secondary N) is 1. The van der Waals surface area contributed by atoms with Crippen LogP contribution < -0.4 is 5.32 Å². The highest BCUT2D eigenvalue weighted by molar-refractivity contribution is 6.08. The Hall–Kier alpha value is -1.26. The van der Waals surface area contributed by atoms with Gasteiger partial charge in [-0.05, 0) is 30.7 Å². The lowest BCUT2D eigenvalue weighted by molar-refractivity contribution is 0.293. The Labute approximate surface area is 94.1 Å². The van der Waals surface area contributed by atoms with Crippen LogP contribution in [0.15, 0.2) is 40.3 Å². The maximum Gasteiger partial charge on any atom is 0.120 e. The monoisotopic (exact) mass is 222 g/mol. The maximum absolute atomic E-state index is 13.1. The van der Waals surface area contributed by atoms with Gasteiger partial charge in [-0.1, -0.05) is 0 Å². The van der Waals surface area contributed by atoms with Gasteiger partial charge in [0.05, 0.1) is 12.3 Å². The first kappa shape index (κ1) is 11.2. The van der Waals surface area contributed by atoms with E-state index in [0.717, 1.165) is 29.8 Å². The van der Waals surface area contributed by atoms with Crippen LogP contribution in [-0.2, 0) is 0 Å². The van der Waals surface area contributed by atoms with Crippen molar-refractivity contribution in [2.75, 3.05) is 19.7 Å². The van der Waals surface area contributed by atoms with Gasteiger partial charge in [-0.15, -0.1) is 0 Å². The molecule has 1 aliphatic heterocycles. The van der Waals surface area contributed by atoms with Crippen molar-refractivity contribution < 1.29 is 9.50 Å². The molecule has 16 heavy (non-hydrogen) atoms. The van der Waals surface area contributed by atoms with E-state index in [4.69, 9.17) is 5.11 Å². The first-order valence-corrected chi connectivity index (χ1v) is 5.46. The average Bonchev–Trinajstić information content (AvgIpc) is 2.67. The summed E-state index contributed by atoms with van der Waals surface area (Å²) in [6, 6.07) is 0. The minimum atomic E-state index is -0.176. The summed E-state index contributed by atoms with van der Waals surface area (Å²) >= 11 is 0. The fraction of sp³-hybridized carbons (Fsp3) is 0.417. The third-order valence-electron chi connectivity index (χ3n) is 2.67. The van der Waals surface area contributed by atoms with Crippen molar-refractivity contribution in [1.82, 2.24) is 5.32 Å². The van der Waals surface area contributed by atoms with Gasteiger partial charge in [-0.25, -0.2) is 4.39 Å². The summed E-state index contributed by atoms with van der Waals surface area (Å²) in [6.07, 6.45) is 6.30. The normalized spacial score (nSPS) is 18.6. The lowest BCUT2D eigenvalue weighted by Gasteiger charge is -2.11. The van der Waals surface area contributed by atoms with Crippen LogP contribution >= 0.6 is 0 Å². The highest BCUT2D eigenvalue weighted by atomic mass is 19.1. The van der Waals surface area contributed by atoms with E-state index in [-0.39, 0.29) is 12.4 Å². The van der Waals surface area contributed by atoms with E-state index in [1.54, 1.807) is 12.2 Å². The lowest BCUT2D eigenvalue weighted by atomic mass is 9.95. The van der Waals surface area contributed by atoms with E-state index in [9.17, 15) is 4.39 Å². The quantitative estimate of drug-likeness (QED) is 0.692. The van der Waals surface area contributed by atoms with Crippen LogP contribution in [0.3, 0.4) is 0 Å². The summed E-state index contributed by atoms with van der Waals surface area (Å²) in [5.74, 6) is -0.176. The standard InChI is InChI=1S/C12H15FN2O/c13-10-1-2-12-11(7-10)9(8-15-12)3-4-14-5-6-16/h1,7-8,14,16H,2-6H2. The van der Waals surface area contributed by atoms with Crippen LogP contribution in [-0.4, -0.2) is 30.5 Å². The first-order valence-electron chi connectivity index (χ1n) is 5.46. The van der Waals surface area contributed by atoms with Gasteiger partial charge in [0.2, 0.25) is 0 Å². The van der Waals surface area contributed by atoms with Crippen LogP contribution in [0.25, 0.3) is 0 Å². The molecule has 3 nitrogen and oxygen atoms in total. The third-order valence-corrected chi connectivity index (χ3v) is 2.67. The predicted octanol–water partition coefficient (Wildman–Crippen LogP) is 1.48. The molecule has 0 spiro atoms. The molecule has 0 bridgehead atoms. The van der Waals surface area contributed by atoms with Crippen molar-refractivity contribution in [3.8, 4) is 0 Å². The van der Waals surface area contributed by atoms with Gasteiger partial charge in [-0.3, -0.25) is 4.99 Å². The molecule has 1 heterocycles. The zero-order chi connectivity index (χ0) is 11.4. The molecule has 0 saturated carbocycles. The zero-order valence-electron chi connectivity index (χ0n) is 9.04. The van der Waals surface area contributed by atoms with E-state index >= 15 is 0 Å². The fourth-order valence-electron chi connectivity index (χ4n) is 1.84. The van der Waals surface area contributed by atoms with Crippen LogP contribution in [0.1, 0.15) is 12.8 Å². The Kier molecular flexibility index (Phi) is 3.64. The van der Waals surface area contributed by atoms with Crippen LogP contribution in [0.5, 0.6) is 0 Å². The smallest absolute Gasteiger partial charge is 0.120 e. The molecule has 0 amide bonds. The molecule has 2 aliphatic rings. The maximum atomic E-state index is 13.1. The Morgan fingerprint density at radius 1 is 1.44 bits per heavy atom. The van der Waals surface area contributed by atoms with Crippen LogP contribution in [0.2, 0.25) is 0 Å². The number of hydrogen-bond donors (Lipinski definition) is 2. The summed E-state index contributed by atoms with van der Waals surface area (Å²) in [5, 5.41) is 11.7. The summed E-state index contributed by atoms with van der Waals surface area (Å²) < 4.78 is 13.1. The van der Waals surface area contributed by atoms with Gasteiger partial charge in [0.25, 0.3) is 0 Å². The zero-order valence-corrected chi connectivity index (χ0v) is 9.04. The lowest BCUT2D eigenvalue weighted by Crippen LogP contribution is -2.20. The highest BCUT2D eigenvalue weighted by Crippen LogP contribution is 2.28. The number of aliphatic hydroxyl groups excluding tert-OH is 1. The van der Waals surface area contributed by atoms with Crippen molar-refractivity contribution in [3.05, 3.63) is 35.3 Å². The molecule has 0 fully saturated rings. The molecule has 0 saturated heterocycles. The van der Waals surface area contributed by atoms with Gasteiger partial charge in [0.15, 0.2) is 0 Å². The molecule has 0 aromatic carbocycles. The fourth-order valence-corrected chi connectivity index (χ4v) is 1.84. The van der Waals surface area contributed by atoms with E-state index < -0.39 is 0 Å². The van der Waals surface area contributed by atoms with Gasteiger partial charge in [0.1, 0.15) is 5.83 Å². The van der Waals surface area contributed by atoms with Crippen molar-refractivity contribution in [2.45, 2.75) is 12.8 Å². The minimum absolute atomic E-state index is 0.140. The SMILES string of the molecule is OCCNCCC1=CN=C2CC=C(F)C=C12. The first-order chi connectivity index (χ1) is 7.81. The molecule has 0 atom stereocenters. The third kappa shape index (κ3) is 2.46. The van der Waals surface area contributed by atoms with E-state index in [1.165, 1.54) is 0 Å². The Balaban J connectivity index is 1.91. The molecule has 86 valence electrons. The summed E-state index contributed by atoms with van der Waals surface area (Å²) in [6.45, 7) is 1.51. The Morgan fingerprint density at radius 3 is 3.12 bits per heavy atom. The highest BCUT2D eigenvalue weighted by Gasteiger charge is 2.19. The van der Waals surface area contributed by atoms with E-state index in [2.05, 4.69) is 10.3 Å². The van der Waals surface area contributed by atoms with Crippen molar-refractivity contribution in [1.29, 1.82) is 0 Å². The number of hydrogen-bond acceptors (Lipinski definition) is 3. The topological polar surface area (TPSA) is 44.6 Å². The van der Waals surface area contributed by atoms with E-state index in [1.807, 2.05) is 6.20 Å². The van der Waals surface area contributed by atoms with Crippen molar-refractivity contribution in [2.24, 2.45) is 4.99 Å². The van der Waals surface area contributed by atoms with Crippen molar-refractivity contribution in [3.63, 3.8) is 0 Å². The second-order valence-electron chi connectivity index (χ2n) is 3.80. The minimum Gasteiger partial charge on any atom is -0.395 e. The van der Waals surface area contributed by atoms with Crippen LogP contribution in [0, 0.1) is 0 Å². The van der Waals surface area contributed by atoms with Crippen LogP contribution in [0.4, 0.5) is 4.39 Å². The number of nitrogens with zero attached hydrogens (tertiary/aromatic N) is 1. The molecular weight excluding hydrogens is 207 g/mol. The Bertz CT molecular complexity index is 394. The molecule has 0 aromatic heterocycles. The molecular formula is C12H15FN2O. The second kappa shape index (κ2) is 5.18. The number of fused-ring (bicyclic) bond motifs is 1. The molecule has 2 N–H and O–H groups in total. The predicted molar refractivity (Wildman–Crippen MR) is 62.0 cm³/mol. The van der Waals surface area contributed by atoms with Crippen molar-refractivity contribution >= 4 is 5.71 Å². The summed E-state index contributed by atoms with van der Waals surface area (Å²) in [5.41, 5.74) is 2.97. The largest absolute Gasteiger partial charge is 0.395 e. The number of rotatable bonds is 5. The van der Waals surface area contributed by atoms with Gasteiger partial charge in [-0.2, -0.15) is 0 Å².